The van der Waals surface area contributed by atoms with E-state index in [1.54, 1.807) is 4.68 Å². The molecular weight excluding hydrogens is 382 g/mol. The monoisotopic (exact) mass is 405 g/mol. The highest BCUT2D eigenvalue weighted by atomic mass is 79.9. The topological polar surface area (TPSA) is 85.4 Å². The van der Waals surface area contributed by atoms with Gasteiger partial charge in [0.25, 0.3) is 0 Å². The molecule has 0 aromatic carbocycles. The largest absolute Gasteiger partial charge is 0.382 e. The Morgan fingerprint density at radius 2 is 2.22 bits per heavy atom. The Bertz CT molecular complexity index is 550. The van der Waals surface area contributed by atoms with Gasteiger partial charge in [0, 0.05) is 31.9 Å². The minimum Gasteiger partial charge on any atom is -0.382 e. The highest BCUT2D eigenvalue weighted by Gasteiger charge is 2.13. The summed E-state index contributed by atoms with van der Waals surface area (Å²) < 4.78 is 8.04. The smallest absolute Gasteiger partial charge is 0.240 e. The highest BCUT2D eigenvalue weighted by molar-refractivity contribution is 9.10. The van der Waals surface area contributed by atoms with Gasteiger partial charge < -0.3 is 10.5 Å². The van der Waals surface area contributed by atoms with Gasteiger partial charge in [0.05, 0.1) is 16.7 Å². The molecular formula is C14H24BrN5O2S. The van der Waals surface area contributed by atoms with Crippen molar-refractivity contribution in [2.24, 2.45) is 5.73 Å². The number of aromatic nitrogens is 2. The molecule has 0 fully saturated rings. The van der Waals surface area contributed by atoms with E-state index < -0.39 is 0 Å². The third kappa shape index (κ3) is 6.44. The zero-order valence-corrected chi connectivity index (χ0v) is 16.2. The molecule has 0 aliphatic rings. The van der Waals surface area contributed by atoms with E-state index in [9.17, 15) is 4.79 Å². The van der Waals surface area contributed by atoms with Crippen molar-refractivity contribution >= 4 is 39.2 Å². The Balaban J connectivity index is 2.46. The van der Waals surface area contributed by atoms with Gasteiger partial charge in [0.2, 0.25) is 5.91 Å². The number of thiocarbonyl (C=S) groups is 1. The van der Waals surface area contributed by atoms with Gasteiger partial charge in [0.1, 0.15) is 0 Å². The fourth-order valence-electron chi connectivity index (χ4n) is 2.00. The lowest BCUT2D eigenvalue weighted by Crippen LogP contribution is -2.49. The molecule has 0 aliphatic carbocycles. The van der Waals surface area contributed by atoms with E-state index in [1.807, 2.05) is 20.8 Å². The van der Waals surface area contributed by atoms with Crippen LogP contribution in [0.1, 0.15) is 31.2 Å². The maximum Gasteiger partial charge on any atom is 0.240 e. The van der Waals surface area contributed by atoms with Gasteiger partial charge in [-0.3, -0.25) is 19.9 Å². The highest BCUT2D eigenvalue weighted by Crippen LogP contribution is 2.19. The molecule has 0 saturated carbocycles. The second-order valence-electron chi connectivity index (χ2n) is 5.03. The molecule has 0 saturated heterocycles. The molecule has 1 heterocycles. The van der Waals surface area contributed by atoms with Gasteiger partial charge in [-0.25, -0.2) is 0 Å². The number of hydrogen-bond donors (Lipinski definition) is 2. The molecule has 7 nitrogen and oxygen atoms in total. The first kappa shape index (κ1) is 19.9. The lowest BCUT2D eigenvalue weighted by Gasteiger charge is -2.23. The summed E-state index contributed by atoms with van der Waals surface area (Å²) in [6, 6.07) is 0. The van der Waals surface area contributed by atoms with Gasteiger partial charge in [-0.05, 0) is 55.3 Å². The van der Waals surface area contributed by atoms with E-state index >= 15 is 0 Å². The lowest BCUT2D eigenvalue weighted by atomic mass is 10.3. The van der Waals surface area contributed by atoms with Gasteiger partial charge >= 0.3 is 0 Å². The van der Waals surface area contributed by atoms with Crippen LogP contribution in [0, 0.1) is 13.8 Å². The van der Waals surface area contributed by atoms with Gasteiger partial charge in [-0.1, -0.05) is 0 Å². The first-order valence-corrected chi connectivity index (χ1v) is 8.70. The summed E-state index contributed by atoms with van der Waals surface area (Å²) in [6.07, 6.45) is 1.02. The molecule has 0 spiro atoms. The minimum atomic E-state index is -0.155. The zero-order chi connectivity index (χ0) is 17.4. The van der Waals surface area contributed by atoms with Crippen LogP contribution in [0.2, 0.25) is 0 Å². The van der Waals surface area contributed by atoms with E-state index in [4.69, 9.17) is 22.7 Å². The molecule has 130 valence electrons. The number of hydrogen-bond acceptors (Lipinski definition) is 4. The number of nitrogens with one attached hydrogen (secondary N) is 1. The second kappa shape index (κ2) is 9.84. The Kier molecular flexibility index (Phi) is 8.49. The Labute approximate surface area is 150 Å². The van der Waals surface area contributed by atoms with E-state index in [0.29, 0.717) is 32.7 Å². The molecule has 0 atom stereocenters. The zero-order valence-electron chi connectivity index (χ0n) is 13.8. The number of rotatable bonds is 8. The van der Waals surface area contributed by atoms with E-state index in [-0.39, 0.29) is 11.0 Å². The molecule has 0 bridgehead atoms. The van der Waals surface area contributed by atoms with Crippen molar-refractivity contribution in [2.45, 2.75) is 40.2 Å². The van der Waals surface area contributed by atoms with Crippen LogP contribution in [-0.2, 0) is 16.1 Å². The number of carbonyl (C=O) groups excluding carboxylic acids is 1. The summed E-state index contributed by atoms with van der Waals surface area (Å²) in [7, 11) is 0. The van der Waals surface area contributed by atoms with Crippen molar-refractivity contribution in [3.05, 3.63) is 15.9 Å². The Morgan fingerprint density at radius 3 is 2.74 bits per heavy atom. The number of nitrogens with two attached hydrogens (primary N) is 1. The number of carbonyl (C=O) groups is 1. The first-order chi connectivity index (χ1) is 10.9. The summed E-state index contributed by atoms with van der Waals surface area (Å²) in [4.78, 5) is 12.1. The molecule has 9 heteroatoms. The molecule has 0 aliphatic heterocycles. The maximum absolute atomic E-state index is 12.1. The van der Waals surface area contributed by atoms with Gasteiger partial charge in [-0.15, -0.1) is 0 Å². The average Bonchev–Trinajstić information content (AvgIpc) is 2.75. The molecule has 1 rings (SSSR count). The van der Waals surface area contributed by atoms with Gasteiger partial charge in [0.15, 0.2) is 5.11 Å². The number of aryl methyl sites for hydroxylation is 2. The number of amides is 1. The minimum absolute atomic E-state index is 0.142. The van der Waals surface area contributed by atoms with E-state index in [0.717, 1.165) is 22.3 Å². The molecule has 3 N–H and O–H groups in total. The van der Waals surface area contributed by atoms with Crippen LogP contribution in [0.5, 0.6) is 0 Å². The van der Waals surface area contributed by atoms with Crippen molar-refractivity contribution in [3.63, 3.8) is 0 Å². The van der Waals surface area contributed by atoms with Crippen LogP contribution in [0.25, 0.3) is 0 Å². The molecule has 1 aromatic rings. The summed E-state index contributed by atoms with van der Waals surface area (Å²) in [5.74, 6) is -0.155. The number of hydrazine groups is 1. The van der Waals surface area contributed by atoms with Crippen LogP contribution >= 0.6 is 28.1 Å². The number of ether oxygens (including phenoxy) is 1. The molecule has 0 unspecified atom stereocenters. The standard InChI is InChI=1S/C14H24BrN5O2S/c1-4-22-9-5-7-20(14(16)23)18-12(21)6-8-19-11(3)13(15)10(2)17-19/h4-9H2,1-3H3,(H2,16,23)(H,18,21). The van der Waals surface area contributed by atoms with Crippen molar-refractivity contribution in [1.82, 2.24) is 20.2 Å². The van der Waals surface area contributed by atoms with Crippen molar-refractivity contribution in [3.8, 4) is 0 Å². The second-order valence-corrected chi connectivity index (χ2v) is 6.24. The summed E-state index contributed by atoms with van der Waals surface area (Å²) in [5, 5.41) is 6.00. The lowest BCUT2D eigenvalue weighted by molar-refractivity contribution is -0.124. The van der Waals surface area contributed by atoms with E-state index in [1.165, 1.54) is 5.01 Å². The van der Waals surface area contributed by atoms with Crippen LogP contribution in [-0.4, -0.2) is 45.6 Å². The number of nitrogens with zero attached hydrogens (tertiary/aromatic N) is 3. The van der Waals surface area contributed by atoms with Crippen molar-refractivity contribution in [1.29, 1.82) is 0 Å². The van der Waals surface area contributed by atoms with Gasteiger partial charge in [-0.2, -0.15) is 5.10 Å². The molecule has 0 radical (unpaired) electrons. The summed E-state index contributed by atoms with van der Waals surface area (Å²) in [5.41, 5.74) is 10.3. The third-order valence-electron chi connectivity index (χ3n) is 3.24. The van der Waals surface area contributed by atoms with Crippen LogP contribution in [0.4, 0.5) is 0 Å². The maximum atomic E-state index is 12.1. The van der Waals surface area contributed by atoms with E-state index in [2.05, 4.69) is 26.5 Å². The fraction of sp³-hybridized carbons (Fsp3) is 0.643. The normalized spacial score (nSPS) is 10.6. The quantitative estimate of drug-likeness (QED) is 0.388. The average molecular weight is 406 g/mol. The molecule has 23 heavy (non-hydrogen) atoms. The van der Waals surface area contributed by atoms with Crippen LogP contribution in [0.3, 0.4) is 0 Å². The van der Waals surface area contributed by atoms with Crippen molar-refractivity contribution in [2.75, 3.05) is 19.8 Å². The summed E-state index contributed by atoms with van der Waals surface area (Å²) >= 11 is 8.43. The third-order valence-corrected chi connectivity index (χ3v) is 4.61. The first-order valence-electron chi connectivity index (χ1n) is 7.50. The molecule has 1 aromatic heterocycles. The van der Waals surface area contributed by atoms with Crippen LogP contribution < -0.4 is 11.2 Å². The Hall–Kier alpha value is -1.19. The van der Waals surface area contributed by atoms with Crippen molar-refractivity contribution < 1.29 is 9.53 Å². The predicted octanol–water partition coefficient (Wildman–Crippen LogP) is 1.66. The molecule has 1 amide bonds. The SMILES string of the molecule is CCOCCCN(NC(=O)CCn1nc(C)c(Br)c1C)C(N)=S. The fourth-order valence-corrected chi connectivity index (χ4v) is 2.42. The summed E-state index contributed by atoms with van der Waals surface area (Å²) in [6.45, 7) is 8.09. The van der Waals surface area contributed by atoms with Crippen LogP contribution in [0.15, 0.2) is 4.47 Å². The predicted molar refractivity (Wildman–Crippen MR) is 96.8 cm³/mol. The number of halogens is 1. The Morgan fingerprint density at radius 1 is 1.52 bits per heavy atom.